The molecule has 0 aliphatic carbocycles. The summed E-state index contributed by atoms with van der Waals surface area (Å²) in [6.45, 7) is 3.38. The number of carbonyl (C=O) groups excluding carboxylic acids is 1. The first-order chi connectivity index (χ1) is 13.9. The molecule has 0 spiro atoms. The lowest BCUT2D eigenvalue weighted by Gasteiger charge is -2.12. The quantitative estimate of drug-likeness (QED) is 0.575. The van der Waals surface area contributed by atoms with E-state index in [0.29, 0.717) is 32.1 Å². The van der Waals surface area contributed by atoms with Crippen molar-refractivity contribution in [3.05, 3.63) is 66.1 Å². The van der Waals surface area contributed by atoms with Crippen molar-refractivity contribution in [1.82, 2.24) is 9.13 Å². The van der Waals surface area contributed by atoms with E-state index < -0.39 is 17.2 Å². The van der Waals surface area contributed by atoms with Crippen LogP contribution in [0.4, 0.5) is 0 Å². The number of hydrogen-bond acceptors (Lipinski definition) is 6. The van der Waals surface area contributed by atoms with Gasteiger partial charge in [0.1, 0.15) is 9.71 Å². The van der Waals surface area contributed by atoms with Crippen LogP contribution in [-0.2, 0) is 24.2 Å². The normalized spacial score (nSPS) is 11.2. The molecule has 154 valence electrons. The molecule has 0 saturated carbocycles. The Morgan fingerprint density at radius 2 is 1.93 bits per heavy atom. The zero-order valence-electron chi connectivity index (χ0n) is 16.1. The molecule has 0 atom stereocenters. The number of ether oxygens (including phenoxy) is 1. The summed E-state index contributed by atoms with van der Waals surface area (Å²) in [5.41, 5.74) is 0.303. The van der Waals surface area contributed by atoms with Crippen LogP contribution in [-0.4, -0.2) is 33.4 Å². The van der Waals surface area contributed by atoms with E-state index in [9.17, 15) is 19.5 Å². The number of nitrogens with zero attached hydrogens (tertiary/aromatic N) is 2. The number of halogens is 1. The molecule has 29 heavy (non-hydrogen) atoms. The molecule has 7 nitrogen and oxygen atoms in total. The van der Waals surface area contributed by atoms with Gasteiger partial charge in [0.2, 0.25) is 0 Å². The van der Waals surface area contributed by atoms with Crippen LogP contribution in [0.25, 0.3) is 10.2 Å². The zero-order valence-corrected chi connectivity index (χ0v) is 17.7. The number of aromatic nitrogens is 2. The van der Waals surface area contributed by atoms with Crippen LogP contribution in [0, 0.1) is 6.92 Å². The number of rotatable bonds is 7. The number of aryl methyl sites for hydroxylation is 3. The van der Waals surface area contributed by atoms with Gasteiger partial charge in [-0.15, -0.1) is 11.3 Å². The summed E-state index contributed by atoms with van der Waals surface area (Å²) in [7, 11) is 0. The molecule has 0 fully saturated rings. The number of thiophene rings is 1. The predicted octanol–water partition coefficient (Wildman–Crippen LogP) is 2.60. The number of benzene rings is 1. The van der Waals surface area contributed by atoms with Crippen molar-refractivity contribution >= 4 is 39.1 Å². The summed E-state index contributed by atoms with van der Waals surface area (Å²) in [4.78, 5) is 38.9. The third-order valence-electron chi connectivity index (χ3n) is 4.64. The van der Waals surface area contributed by atoms with Gasteiger partial charge in [0.25, 0.3) is 5.56 Å². The highest BCUT2D eigenvalue weighted by Crippen LogP contribution is 2.29. The van der Waals surface area contributed by atoms with Gasteiger partial charge in [0, 0.05) is 11.6 Å². The minimum Gasteiger partial charge on any atom is -0.462 e. The van der Waals surface area contributed by atoms with Crippen molar-refractivity contribution in [3.8, 4) is 0 Å². The summed E-state index contributed by atoms with van der Waals surface area (Å²) >= 11 is 7.30. The van der Waals surface area contributed by atoms with Crippen LogP contribution in [0.15, 0.2) is 33.9 Å². The van der Waals surface area contributed by atoms with Crippen molar-refractivity contribution in [3.63, 3.8) is 0 Å². The molecule has 0 amide bonds. The molecule has 0 saturated heterocycles. The average molecular weight is 437 g/mol. The summed E-state index contributed by atoms with van der Waals surface area (Å²) in [6.07, 6.45) is 0.470. The van der Waals surface area contributed by atoms with Crippen LogP contribution >= 0.6 is 22.9 Å². The number of aliphatic hydroxyl groups is 1. The minimum atomic E-state index is -0.528. The highest BCUT2D eigenvalue weighted by atomic mass is 35.5. The van der Waals surface area contributed by atoms with Crippen LogP contribution in [0.2, 0.25) is 5.02 Å². The first-order valence-electron chi connectivity index (χ1n) is 9.18. The van der Waals surface area contributed by atoms with Crippen molar-refractivity contribution in [2.75, 3.05) is 13.2 Å². The monoisotopic (exact) mass is 436 g/mol. The van der Waals surface area contributed by atoms with Crippen LogP contribution in [0.5, 0.6) is 0 Å². The first-order valence-corrected chi connectivity index (χ1v) is 10.4. The summed E-state index contributed by atoms with van der Waals surface area (Å²) in [5, 5.41) is 10.2. The molecular formula is C20H21ClN2O5S. The molecule has 0 unspecified atom stereocenters. The zero-order chi connectivity index (χ0) is 21.1. The Kier molecular flexibility index (Phi) is 6.56. The second kappa shape index (κ2) is 8.94. The lowest BCUT2D eigenvalue weighted by molar-refractivity contribution is 0.0531. The van der Waals surface area contributed by atoms with Gasteiger partial charge in [0.05, 0.1) is 25.1 Å². The van der Waals surface area contributed by atoms with E-state index in [0.717, 1.165) is 21.5 Å². The largest absolute Gasteiger partial charge is 0.462 e. The molecule has 3 aromatic rings. The van der Waals surface area contributed by atoms with Gasteiger partial charge in [-0.25, -0.2) is 9.59 Å². The topological polar surface area (TPSA) is 90.5 Å². The van der Waals surface area contributed by atoms with Gasteiger partial charge >= 0.3 is 11.7 Å². The molecular weight excluding hydrogens is 416 g/mol. The van der Waals surface area contributed by atoms with E-state index in [1.54, 1.807) is 19.9 Å². The third-order valence-corrected chi connectivity index (χ3v) is 6.30. The maximum absolute atomic E-state index is 13.0. The standard InChI is InChI=1S/C20H21ClN2O5S/c1-3-28-19(26)16-12(2)15-17(25)22(10-11-24)20(27)23(18(15)29-16)9-8-13-6-4-5-7-14(13)21/h4-7,24H,3,8-11H2,1-2H3. The Bertz CT molecular complexity index is 1180. The Morgan fingerprint density at radius 1 is 1.21 bits per heavy atom. The molecule has 2 heterocycles. The van der Waals surface area contributed by atoms with E-state index >= 15 is 0 Å². The van der Waals surface area contributed by atoms with E-state index in [4.69, 9.17) is 16.3 Å². The van der Waals surface area contributed by atoms with E-state index in [1.807, 2.05) is 18.2 Å². The van der Waals surface area contributed by atoms with Crippen LogP contribution in [0.1, 0.15) is 27.7 Å². The van der Waals surface area contributed by atoms with Gasteiger partial charge in [0.15, 0.2) is 0 Å². The Balaban J connectivity index is 2.20. The van der Waals surface area contributed by atoms with Crippen LogP contribution < -0.4 is 11.2 Å². The SMILES string of the molecule is CCOC(=O)c1sc2c(c1C)c(=O)n(CCO)c(=O)n2CCc1ccccc1Cl. The van der Waals surface area contributed by atoms with Crippen molar-refractivity contribution < 1.29 is 14.6 Å². The second-order valence-corrected chi connectivity index (χ2v) is 7.82. The molecule has 9 heteroatoms. The Hall–Kier alpha value is -2.42. The molecule has 0 aliphatic rings. The van der Waals surface area contributed by atoms with Crippen molar-refractivity contribution in [1.29, 1.82) is 0 Å². The maximum atomic E-state index is 13.0. The van der Waals surface area contributed by atoms with Crippen LogP contribution in [0.3, 0.4) is 0 Å². The van der Waals surface area contributed by atoms with Gasteiger partial charge < -0.3 is 9.84 Å². The smallest absolute Gasteiger partial charge is 0.348 e. The average Bonchev–Trinajstić information content (AvgIpc) is 3.04. The Morgan fingerprint density at radius 3 is 2.59 bits per heavy atom. The molecule has 0 aliphatic heterocycles. The molecule has 3 rings (SSSR count). The number of esters is 1. The fourth-order valence-corrected chi connectivity index (χ4v) is 4.66. The van der Waals surface area contributed by atoms with E-state index in [2.05, 4.69) is 0 Å². The molecule has 1 aromatic carbocycles. The van der Waals surface area contributed by atoms with Gasteiger partial charge in [-0.3, -0.25) is 13.9 Å². The predicted molar refractivity (Wildman–Crippen MR) is 113 cm³/mol. The molecule has 2 aromatic heterocycles. The fraction of sp³-hybridized carbons (Fsp3) is 0.350. The highest BCUT2D eigenvalue weighted by Gasteiger charge is 2.23. The number of hydrogen-bond donors (Lipinski definition) is 1. The summed E-state index contributed by atoms with van der Waals surface area (Å²) < 4.78 is 7.56. The maximum Gasteiger partial charge on any atom is 0.348 e. The molecule has 0 radical (unpaired) electrons. The van der Waals surface area contributed by atoms with Gasteiger partial charge in [-0.1, -0.05) is 29.8 Å². The van der Waals surface area contributed by atoms with Crippen molar-refractivity contribution in [2.45, 2.75) is 33.4 Å². The van der Waals surface area contributed by atoms with E-state index in [1.165, 1.54) is 4.57 Å². The molecule has 0 bridgehead atoms. The first kappa shape index (κ1) is 21.3. The lowest BCUT2D eigenvalue weighted by Crippen LogP contribution is -2.40. The second-order valence-electron chi connectivity index (χ2n) is 6.41. The van der Waals surface area contributed by atoms with Gasteiger partial charge in [-0.05, 0) is 37.5 Å². The van der Waals surface area contributed by atoms with Crippen molar-refractivity contribution in [2.24, 2.45) is 0 Å². The number of aliphatic hydroxyl groups excluding tert-OH is 1. The minimum absolute atomic E-state index is 0.121. The van der Waals surface area contributed by atoms with E-state index in [-0.39, 0.29) is 26.3 Å². The number of fused-ring (bicyclic) bond motifs is 1. The number of carbonyl (C=O) groups is 1. The summed E-state index contributed by atoms with van der Waals surface area (Å²) in [5.74, 6) is -0.524. The molecule has 1 N–H and O–H groups in total. The summed E-state index contributed by atoms with van der Waals surface area (Å²) in [6, 6.07) is 7.33. The third kappa shape index (κ3) is 4.01. The Labute approximate surface area is 175 Å². The lowest BCUT2D eigenvalue weighted by atomic mass is 10.1. The highest BCUT2D eigenvalue weighted by molar-refractivity contribution is 7.20. The van der Waals surface area contributed by atoms with Gasteiger partial charge in [-0.2, -0.15) is 0 Å². The fourth-order valence-electron chi connectivity index (χ4n) is 3.21.